The maximum Gasteiger partial charge on any atom is 0.261 e. The highest BCUT2D eigenvalue weighted by atomic mass is 35.5. The van der Waals surface area contributed by atoms with E-state index in [1.807, 2.05) is 0 Å². The third-order valence-electron chi connectivity index (χ3n) is 3.93. The van der Waals surface area contributed by atoms with Gasteiger partial charge in [-0.1, -0.05) is 41.4 Å². The summed E-state index contributed by atoms with van der Waals surface area (Å²) in [6, 6.07) is 16.9. The predicted molar refractivity (Wildman–Crippen MR) is 115 cm³/mol. The minimum Gasteiger partial charge on any atom is -0.495 e. The van der Waals surface area contributed by atoms with Crippen molar-refractivity contribution in [3.63, 3.8) is 0 Å². The fraction of sp³-hybridized carbons (Fsp3) is 0.0500. The number of carbonyl (C=O) groups excluding carboxylic acids is 1. The highest BCUT2D eigenvalue weighted by Gasteiger charge is 2.18. The molecule has 0 aliphatic heterocycles. The molecule has 0 aliphatic carbocycles. The summed E-state index contributed by atoms with van der Waals surface area (Å²) in [5.74, 6) is -0.00979. The Hall–Kier alpha value is -2.74. The fourth-order valence-corrected chi connectivity index (χ4v) is 4.12. The van der Waals surface area contributed by atoms with Crippen LogP contribution in [0.3, 0.4) is 0 Å². The smallest absolute Gasteiger partial charge is 0.261 e. The molecule has 0 heterocycles. The van der Waals surface area contributed by atoms with Gasteiger partial charge in [-0.2, -0.15) is 0 Å². The van der Waals surface area contributed by atoms with E-state index in [-0.39, 0.29) is 21.2 Å². The molecule has 9 heteroatoms. The predicted octanol–water partition coefficient (Wildman–Crippen LogP) is 5.06. The molecule has 0 radical (unpaired) electrons. The van der Waals surface area contributed by atoms with Crippen LogP contribution in [0.15, 0.2) is 71.6 Å². The van der Waals surface area contributed by atoms with Crippen LogP contribution >= 0.6 is 23.2 Å². The first-order valence-corrected chi connectivity index (χ1v) is 10.6. The van der Waals surface area contributed by atoms with Crippen molar-refractivity contribution in [2.24, 2.45) is 0 Å². The van der Waals surface area contributed by atoms with Crippen LogP contribution < -0.4 is 14.8 Å². The molecule has 0 fully saturated rings. The second-order valence-electron chi connectivity index (χ2n) is 5.92. The van der Waals surface area contributed by atoms with E-state index in [0.29, 0.717) is 16.5 Å². The molecule has 6 nitrogen and oxygen atoms in total. The van der Waals surface area contributed by atoms with Gasteiger partial charge in [0.05, 0.1) is 27.7 Å². The highest BCUT2D eigenvalue weighted by molar-refractivity contribution is 7.92. The van der Waals surface area contributed by atoms with Gasteiger partial charge in [-0.3, -0.25) is 9.52 Å². The lowest BCUT2D eigenvalue weighted by atomic mass is 10.2. The van der Waals surface area contributed by atoms with Crippen LogP contribution in [0, 0.1) is 0 Å². The number of amides is 1. The zero-order chi connectivity index (χ0) is 21.0. The molecule has 3 aromatic carbocycles. The SMILES string of the molecule is COc1ccc(NC(=O)c2cccc(S(=O)(=O)Nc3ccccc3Cl)c2)cc1Cl. The molecule has 2 N–H and O–H groups in total. The third kappa shape index (κ3) is 5.00. The standard InChI is InChI=1S/C20H16Cl2N2O4S/c1-28-19-10-9-14(12-17(19)22)23-20(25)13-5-4-6-15(11-13)29(26,27)24-18-8-3-2-7-16(18)21/h2-12,24H,1H3,(H,23,25). The molecule has 0 aliphatic rings. The fourth-order valence-electron chi connectivity index (χ4n) is 2.50. The maximum atomic E-state index is 12.7. The molecule has 3 rings (SSSR count). The molecule has 0 spiro atoms. The molecule has 0 saturated carbocycles. The van der Waals surface area contributed by atoms with Crippen molar-refractivity contribution in [3.05, 3.63) is 82.3 Å². The monoisotopic (exact) mass is 450 g/mol. The number of para-hydroxylation sites is 1. The number of hydrogen-bond donors (Lipinski definition) is 2. The summed E-state index contributed by atoms with van der Waals surface area (Å²) >= 11 is 12.1. The Labute approximate surface area is 178 Å². The van der Waals surface area contributed by atoms with Crippen molar-refractivity contribution >= 4 is 50.5 Å². The Morgan fingerprint density at radius 1 is 0.931 bits per heavy atom. The van der Waals surface area contributed by atoms with Crippen LogP contribution in [0.4, 0.5) is 11.4 Å². The topological polar surface area (TPSA) is 84.5 Å². The van der Waals surface area contributed by atoms with Gasteiger partial charge in [0.1, 0.15) is 5.75 Å². The van der Waals surface area contributed by atoms with Crippen molar-refractivity contribution in [2.75, 3.05) is 17.1 Å². The Morgan fingerprint density at radius 2 is 1.69 bits per heavy atom. The van der Waals surface area contributed by atoms with Gasteiger partial charge in [0.15, 0.2) is 0 Å². The van der Waals surface area contributed by atoms with Gasteiger partial charge in [-0.15, -0.1) is 0 Å². The van der Waals surface area contributed by atoms with Crippen LogP contribution in [0.5, 0.6) is 5.75 Å². The molecule has 3 aromatic rings. The minimum atomic E-state index is -3.93. The summed E-state index contributed by atoms with van der Waals surface area (Å²) in [7, 11) is -2.44. The largest absolute Gasteiger partial charge is 0.495 e. The van der Waals surface area contributed by atoms with Crippen molar-refractivity contribution in [2.45, 2.75) is 4.90 Å². The molecule has 0 aromatic heterocycles. The minimum absolute atomic E-state index is 0.0715. The summed E-state index contributed by atoms with van der Waals surface area (Å²) in [5, 5.41) is 3.28. The van der Waals surface area contributed by atoms with Crippen molar-refractivity contribution in [3.8, 4) is 5.75 Å². The number of ether oxygens (including phenoxy) is 1. The quantitative estimate of drug-likeness (QED) is 0.549. The summed E-state index contributed by atoms with van der Waals surface area (Å²) < 4.78 is 32.8. The Balaban J connectivity index is 1.82. The zero-order valence-corrected chi connectivity index (χ0v) is 17.5. The molecule has 0 saturated heterocycles. The van der Waals surface area contributed by atoms with Crippen molar-refractivity contribution < 1.29 is 17.9 Å². The van der Waals surface area contributed by atoms with Crippen LogP contribution in [0.2, 0.25) is 10.0 Å². The van der Waals surface area contributed by atoms with Crippen LogP contribution in [-0.2, 0) is 10.0 Å². The van der Waals surface area contributed by atoms with E-state index in [4.69, 9.17) is 27.9 Å². The van der Waals surface area contributed by atoms with Gasteiger partial charge in [0.2, 0.25) is 0 Å². The van der Waals surface area contributed by atoms with Gasteiger partial charge >= 0.3 is 0 Å². The van der Waals surface area contributed by atoms with Gasteiger partial charge < -0.3 is 10.1 Å². The third-order valence-corrected chi connectivity index (χ3v) is 5.92. The number of carbonyl (C=O) groups is 1. The lowest BCUT2D eigenvalue weighted by Gasteiger charge is -2.11. The zero-order valence-electron chi connectivity index (χ0n) is 15.1. The molecular weight excluding hydrogens is 435 g/mol. The number of methoxy groups -OCH3 is 1. The van der Waals surface area contributed by atoms with E-state index in [1.165, 1.54) is 37.4 Å². The van der Waals surface area contributed by atoms with Crippen molar-refractivity contribution in [1.29, 1.82) is 0 Å². The first-order chi connectivity index (χ1) is 13.8. The molecule has 1 amide bonds. The Kier molecular flexibility index (Phi) is 6.32. The number of rotatable bonds is 6. The summed E-state index contributed by atoms with van der Waals surface area (Å²) in [5.41, 5.74) is 0.860. The second-order valence-corrected chi connectivity index (χ2v) is 8.41. The van der Waals surface area contributed by atoms with Crippen LogP contribution in [-0.4, -0.2) is 21.4 Å². The highest BCUT2D eigenvalue weighted by Crippen LogP contribution is 2.28. The van der Waals surface area contributed by atoms with E-state index in [0.717, 1.165) is 0 Å². The van der Waals surface area contributed by atoms with Gasteiger partial charge in [-0.05, 0) is 48.5 Å². The van der Waals surface area contributed by atoms with E-state index in [9.17, 15) is 13.2 Å². The molecule has 29 heavy (non-hydrogen) atoms. The van der Waals surface area contributed by atoms with E-state index in [2.05, 4.69) is 10.0 Å². The number of halogens is 2. The molecule has 0 unspecified atom stereocenters. The van der Waals surface area contributed by atoms with Gasteiger partial charge in [0.25, 0.3) is 15.9 Å². The second kappa shape index (κ2) is 8.73. The number of benzene rings is 3. The van der Waals surface area contributed by atoms with Crippen LogP contribution in [0.1, 0.15) is 10.4 Å². The number of nitrogens with one attached hydrogen (secondary N) is 2. The molecule has 0 atom stereocenters. The summed E-state index contributed by atoms with van der Waals surface area (Å²) in [6.07, 6.45) is 0. The van der Waals surface area contributed by atoms with E-state index >= 15 is 0 Å². The number of sulfonamides is 1. The lowest BCUT2D eigenvalue weighted by molar-refractivity contribution is 0.102. The van der Waals surface area contributed by atoms with E-state index in [1.54, 1.807) is 36.4 Å². The van der Waals surface area contributed by atoms with Gasteiger partial charge in [0, 0.05) is 11.3 Å². The first-order valence-electron chi connectivity index (χ1n) is 8.32. The molecule has 150 valence electrons. The lowest BCUT2D eigenvalue weighted by Crippen LogP contribution is -2.16. The first kappa shape index (κ1) is 21.0. The summed E-state index contributed by atoms with van der Waals surface area (Å²) in [6.45, 7) is 0. The average molecular weight is 451 g/mol. The maximum absolute atomic E-state index is 12.7. The number of hydrogen-bond acceptors (Lipinski definition) is 4. The Bertz CT molecular complexity index is 1170. The van der Waals surface area contributed by atoms with Gasteiger partial charge in [-0.25, -0.2) is 8.42 Å². The number of anilines is 2. The molecule has 0 bridgehead atoms. The van der Waals surface area contributed by atoms with E-state index < -0.39 is 15.9 Å². The molecular formula is C20H16Cl2N2O4S. The average Bonchev–Trinajstić information content (AvgIpc) is 2.70. The normalized spacial score (nSPS) is 11.0. The Morgan fingerprint density at radius 3 is 2.38 bits per heavy atom. The van der Waals surface area contributed by atoms with Crippen molar-refractivity contribution in [1.82, 2.24) is 0 Å². The summed E-state index contributed by atoms with van der Waals surface area (Å²) in [4.78, 5) is 12.5. The van der Waals surface area contributed by atoms with Crippen LogP contribution in [0.25, 0.3) is 0 Å².